The minimum atomic E-state index is -0.327. The van der Waals surface area contributed by atoms with Gasteiger partial charge in [0.05, 0.1) is 6.07 Å². The number of nitrogens with zero attached hydrogens (tertiary/aromatic N) is 1. The minimum absolute atomic E-state index is 0.308. The summed E-state index contributed by atoms with van der Waals surface area (Å²) in [6, 6.07) is 2.27. The lowest BCUT2D eigenvalue weighted by atomic mass is 10.1. The minimum Gasteiger partial charge on any atom is -0.351 e. The molecule has 3 heteroatoms. The number of nitriles is 1. The standard InChI is InChI=1S/C9H15NO2/c1-3-11-8(12-4-2)9(7-10)5-6-9/h8H,3-6H2,1-2H3. The molecule has 3 nitrogen and oxygen atoms in total. The van der Waals surface area contributed by atoms with Crippen molar-refractivity contribution in [3.8, 4) is 6.07 Å². The van der Waals surface area contributed by atoms with Gasteiger partial charge in [-0.1, -0.05) is 0 Å². The molecule has 0 radical (unpaired) electrons. The zero-order valence-electron chi connectivity index (χ0n) is 7.67. The predicted molar refractivity (Wildman–Crippen MR) is 44.3 cm³/mol. The summed E-state index contributed by atoms with van der Waals surface area (Å²) in [6.45, 7) is 5.04. The molecule has 1 aliphatic carbocycles. The second kappa shape index (κ2) is 3.88. The van der Waals surface area contributed by atoms with Crippen LogP contribution in [0.15, 0.2) is 0 Å². The summed E-state index contributed by atoms with van der Waals surface area (Å²) in [4.78, 5) is 0. The lowest BCUT2D eigenvalue weighted by Gasteiger charge is -2.20. The summed E-state index contributed by atoms with van der Waals surface area (Å²) < 4.78 is 10.7. The smallest absolute Gasteiger partial charge is 0.175 e. The Morgan fingerprint density at radius 3 is 2.08 bits per heavy atom. The molecular formula is C9H15NO2. The van der Waals surface area contributed by atoms with Crippen LogP contribution in [0.3, 0.4) is 0 Å². The van der Waals surface area contributed by atoms with Crippen molar-refractivity contribution in [1.29, 1.82) is 5.26 Å². The van der Waals surface area contributed by atoms with E-state index < -0.39 is 0 Å². The molecule has 12 heavy (non-hydrogen) atoms. The van der Waals surface area contributed by atoms with Crippen molar-refractivity contribution in [2.75, 3.05) is 13.2 Å². The molecule has 0 aromatic rings. The van der Waals surface area contributed by atoms with Crippen LogP contribution < -0.4 is 0 Å². The van der Waals surface area contributed by atoms with E-state index in [9.17, 15) is 0 Å². The maximum Gasteiger partial charge on any atom is 0.175 e. The molecule has 0 amide bonds. The van der Waals surface area contributed by atoms with E-state index in [1.807, 2.05) is 13.8 Å². The topological polar surface area (TPSA) is 42.2 Å². The van der Waals surface area contributed by atoms with Gasteiger partial charge in [0, 0.05) is 13.2 Å². The molecule has 1 saturated carbocycles. The first-order valence-electron chi connectivity index (χ1n) is 4.43. The molecule has 0 aromatic heterocycles. The normalized spacial score (nSPS) is 19.2. The zero-order chi connectivity index (χ0) is 9.03. The third kappa shape index (κ3) is 1.77. The predicted octanol–water partition coefficient (Wildman–Crippen LogP) is 1.69. The van der Waals surface area contributed by atoms with E-state index in [0.717, 1.165) is 12.8 Å². The van der Waals surface area contributed by atoms with E-state index in [1.54, 1.807) is 0 Å². The molecule has 68 valence electrons. The van der Waals surface area contributed by atoms with Gasteiger partial charge in [0.25, 0.3) is 0 Å². The van der Waals surface area contributed by atoms with Crippen molar-refractivity contribution in [1.82, 2.24) is 0 Å². The van der Waals surface area contributed by atoms with Crippen LogP contribution in [-0.2, 0) is 9.47 Å². The van der Waals surface area contributed by atoms with Gasteiger partial charge >= 0.3 is 0 Å². The van der Waals surface area contributed by atoms with Crippen LogP contribution in [0.25, 0.3) is 0 Å². The fourth-order valence-electron chi connectivity index (χ4n) is 1.20. The SMILES string of the molecule is CCOC(OCC)C1(C#N)CC1. The second-order valence-corrected chi connectivity index (χ2v) is 3.01. The molecule has 0 bridgehead atoms. The lowest BCUT2D eigenvalue weighted by molar-refractivity contribution is -0.163. The fourth-order valence-corrected chi connectivity index (χ4v) is 1.20. The molecule has 0 aromatic carbocycles. The van der Waals surface area contributed by atoms with Crippen molar-refractivity contribution in [3.63, 3.8) is 0 Å². The van der Waals surface area contributed by atoms with Gasteiger partial charge < -0.3 is 9.47 Å². The summed E-state index contributed by atoms with van der Waals surface area (Å²) in [5, 5.41) is 8.87. The second-order valence-electron chi connectivity index (χ2n) is 3.01. The molecule has 0 saturated heterocycles. The Morgan fingerprint density at radius 2 is 1.83 bits per heavy atom. The van der Waals surface area contributed by atoms with Gasteiger partial charge in [-0.05, 0) is 26.7 Å². The van der Waals surface area contributed by atoms with Crippen molar-refractivity contribution >= 4 is 0 Å². The number of rotatable bonds is 5. The van der Waals surface area contributed by atoms with Gasteiger partial charge in [0.15, 0.2) is 6.29 Å². The molecule has 0 heterocycles. The van der Waals surface area contributed by atoms with E-state index in [-0.39, 0.29) is 11.7 Å². The van der Waals surface area contributed by atoms with E-state index in [0.29, 0.717) is 13.2 Å². The van der Waals surface area contributed by atoms with Gasteiger partial charge in [-0.2, -0.15) is 5.26 Å². The lowest BCUT2D eigenvalue weighted by Crippen LogP contribution is -2.27. The number of ether oxygens (including phenoxy) is 2. The summed E-state index contributed by atoms with van der Waals surface area (Å²) >= 11 is 0. The Hall–Kier alpha value is -0.590. The van der Waals surface area contributed by atoms with Gasteiger partial charge in [-0.15, -0.1) is 0 Å². The van der Waals surface area contributed by atoms with Crippen LogP contribution >= 0.6 is 0 Å². The summed E-state index contributed by atoms with van der Waals surface area (Å²) in [7, 11) is 0. The highest BCUT2D eigenvalue weighted by Gasteiger charge is 2.51. The highest BCUT2D eigenvalue weighted by atomic mass is 16.7. The van der Waals surface area contributed by atoms with Crippen molar-refractivity contribution in [3.05, 3.63) is 0 Å². The Labute approximate surface area is 73.3 Å². The van der Waals surface area contributed by atoms with E-state index in [1.165, 1.54) is 0 Å². The van der Waals surface area contributed by atoms with E-state index in [2.05, 4.69) is 6.07 Å². The maximum absolute atomic E-state index is 8.87. The Morgan fingerprint density at radius 1 is 1.33 bits per heavy atom. The Bertz CT molecular complexity index is 175. The molecule has 0 N–H and O–H groups in total. The average molecular weight is 169 g/mol. The summed E-state index contributed by atoms with van der Waals surface area (Å²) in [6.07, 6.45) is 1.51. The van der Waals surface area contributed by atoms with Crippen LogP contribution in [0.1, 0.15) is 26.7 Å². The molecular weight excluding hydrogens is 154 g/mol. The Balaban J connectivity index is 2.48. The zero-order valence-corrected chi connectivity index (χ0v) is 7.67. The molecule has 0 atom stereocenters. The first-order chi connectivity index (χ1) is 5.79. The third-order valence-electron chi connectivity index (χ3n) is 2.10. The van der Waals surface area contributed by atoms with Crippen LogP contribution in [0.2, 0.25) is 0 Å². The quantitative estimate of drug-likeness (QED) is 0.588. The van der Waals surface area contributed by atoms with Crippen LogP contribution in [0, 0.1) is 16.7 Å². The van der Waals surface area contributed by atoms with Crippen molar-refractivity contribution in [2.45, 2.75) is 33.0 Å². The molecule has 0 spiro atoms. The van der Waals surface area contributed by atoms with Gasteiger partial charge in [0.1, 0.15) is 5.41 Å². The number of hydrogen-bond acceptors (Lipinski definition) is 3. The average Bonchev–Trinajstić information content (AvgIpc) is 2.85. The highest BCUT2D eigenvalue weighted by molar-refractivity contribution is 5.12. The first kappa shape index (κ1) is 9.50. The molecule has 0 aliphatic heterocycles. The van der Waals surface area contributed by atoms with E-state index in [4.69, 9.17) is 14.7 Å². The summed E-state index contributed by atoms with van der Waals surface area (Å²) in [5.74, 6) is 0. The molecule has 1 rings (SSSR count). The van der Waals surface area contributed by atoms with Gasteiger partial charge in [0.2, 0.25) is 0 Å². The monoisotopic (exact) mass is 169 g/mol. The van der Waals surface area contributed by atoms with Gasteiger partial charge in [-0.3, -0.25) is 0 Å². The third-order valence-corrected chi connectivity index (χ3v) is 2.10. The number of hydrogen-bond donors (Lipinski definition) is 0. The largest absolute Gasteiger partial charge is 0.351 e. The van der Waals surface area contributed by atoms with Crippen LogP contribution in [0.4, 0.5) is 0 Å². The fraction of sp³-hybridized carbons (Fsp3) is 0.889. The summed E-state index contributed by atoms with van der Waals surface area (Å²) in [5.41, 5.74) is -0.327. The van der Waals surface area contributed by atoms with Crippen LogP contribution in [-0.4, -0.2) is 19.5 Å². The van der Waals surface area contributed by atoms with Gasteiger partial charge in [-0.25, -0.2) is 0 Å². The Kier molecular flexibility index (Phi) is 3.07. The van der Waals surface area contributed by atoms with Crippen LogP contribution in [0.5, 0.6) is 0 Å². The maximum atomic E-state index is 8.87. The molecule has 0 unspecified atom stereocenters. The van der Waals surface area contributed by atoms with Crippen molar-refractivity contribution in [2.24, 2.45) is 5.41 Å². The van der Waals surface area contributed by atoms with Crippen molar-refractivity contribution < 1.29 is 9.47 Å². The highest BCUT2D eigenvalue weighted by Crippen LogP contribution is 2.49. The molecule has 1 fully saturated rings. The van der Waals surface area contributed by atoms with E-state index >= 15 is 0 Å². The first-order valence-corrected chi connectivity index (χ1v) is 4.43. The molecule has 1 aliphatic rings.